The fraction of sp³-hybridized carbons (Fsp3) is 0.400. The van der Waals surface area contributed by atoms with Crippen LogP contribution in [0.15, 0.2) is 17.3 Å². The molecule has 0 aliphatic rings. The van der Waals surface area contributed by atoms with Gasteiger partial charge in [-0.25, -0.2) is 8.42 Å². The number of rotatable bonds is 4. The van der Waals surface area contributed by atoms with Crippen molar-refractivity contribution in [1.29, 1.82) is 0 Å². The summed E-state index contributed by atoms with van der Waals surface area (Å²) < 4.78 is 22.3. The van der Waals surface area contributed by atoms with Crippen molar-refractivity contribution < 1.29 is 13.3 Å². The van der Waals surface area contributed by atoms with Gasteiger partial charge in [0, 0.05) is 6.20 Å². The standard InChI is InChI=1S/C5H9N3O3S/c1-2-11-8-12(9,10)5-3-6-7-4-5/h3-4,8H,2H2,1H3,(H,6,7). The average Bonchev–Trinajstić information content (AvgIpc) is 2.53. The van der Waals surface area contributed by atoms with E-state index in [0.717, 1.165) is 0 Å². The Hall–Kier alpha value is -0.920. The molecule has 7 heteroatoms. The highest BCUT2D eigenvalue weighted by molar-refractivity contribution is 7.89. The summed E-state index contributed by atoms with van der Waals surface area (Å²) >= 11 is 0. The smallest absolute Gasteiger partial charge is 0.265 e. The van der Waals surface area contributed by atoms with Crippen molar-refractivity contribution in [2.75, 3.05) is 6.61 Å². The Morgan fingerprint density at radius 1 is 1.75 bits per heavy atom. The summed E-state index contributed by atoms with van der Waals surface area (Å²) in [6, 6.07) is 0. The predicted octanol–water partition coefficient (Wildman–Crippen LogP) is -0.360. The van der Waals surface area contributed by atoms with Crippen LogP contribution in [-0.4, -0.2) is 25.2 Å². The molecular formula is C5H9N3O3S. The topological polar surface area (TPSA) is 84.1 Å². The molecular weight excluding hydrogens is 182 g/mol. The minimum atomic E-state index is -3.55. The lowest BCUT2D eigenvalue weighted by Crippen LogP contribution is -2.23. The molecule has 1 heterocycles. The van der Waals surface area contributed by atoms with Crippen LogP contribution in [0.5, 0.6) is 0 Å². The largest absolute Gasteiger partial charge is 0.287 e. The summed E-state index contributed by atoms with van der Waals surface area (Å²) in [5.41, 5.74) is 0. The van der Waals surface area contributed by atoms with Crippen LogP contribution in [0.2, 0.25) is 0 Å². The number of nitrogens with zero attached hydrogens (tertiary/aromatic N) is 1. The normalized spacial score (nSPS) is 11.8. The Kier molecular flexibility index (Phi) is 2.79. The Bertz CT molecular complexity index is 318. The molecule has 0 radical (unpaired) electrons. The molecule has 0 spiro atoms. The number of hydrogen-bond acceptors (Lipinski definition) is 4. The molecule has 68 valence electrons. The molecule has 0 unspecified atom stereocenters. The van der Waals surface area contributed by atoms with Crippen LogP contribution in [0, 0.1) is 0 Å². The molecule has 0 saturated heterocycles. The lowest BCUT2D eigenvalue weighted by Gasteiger charge is -2.01. The first-order valence-electron chi connectivity index (χ1n) is 3.29. The zero-order chi connectivity index (χ0) is 9.03. The molecule has 0 aliphatic heterocycles. The van der Waals surface area contributed by atoms with Gasteiger partial charge >= 0.3 is 0 Å². The quantitative estimate of drug-likeness (QED) is 0.636. The monoisotopic (exact) mass is 191 g/mol. The van der Waals surface area contributed by atoms with E-state index in [1.165, 1.54) is 12.4 Å². The third kappa shape index (κ3) is 2.03. The second-order valence-corrected chi connectivity index (χ2v) is 3.60. The molecule has 12 heavy (non-hydrogen) atoms. The summed E-state index contributed by atoms with van der Waals surface area (Å²) in [6.45, 7) is 1.95. The Labute approximate surface area is 69.9 Å². The third-order valence-electron chi connectivity index (χ3n) is 1.10. The number of nitrogens with one attached hydrogen (secondary N) is 2. The van der Waals surface area contributed by atoms with Gasteiger partial charge in [-0.3, -0.25) is 9.94 Å². The van der Waals surface area contributed by atoms with Gasteiger partial charge in [0.2, 0.25) is 0 Å². The molecule has 0 aliphatic carbocycles. The van der Waals surface area contributed by atoms with E-state index in [1.807, 2.05) is 4.89 Å². The molecule has 2 N–H and O–H groups in total. The average molecular weight is 191 g/mol. The van der Waals surface area contributed by atoms with Crippen molar-refractivity contribution in [3.8, 4) is 0 Å². The van der Waals surface area contributed by atoms with Crippen molar-refractivity contribution in [3.63, 3.8) is 0 Å². The van der Waals surface area contributed by atoms with Gasteiger partial charge in [0.15, 0.2) is 0 Å². The first-order valence-corrected chi connectivity index (χ1v) is 4.77. The second-order valence-electron chi connectivity index (χ2n) is 1.95. The summed E-state index contributed by atoms with van der Waals surface area (Å²) in [6.07, 6.45) is 2.46. The maximum atomic E-state index is 11.2. The molecule has 6 nitrogen and oxygen atoms in total. The molecule has 0 aromatic carbocycles. The lowest BCUT2D eigenvalue weighted by molar-refractivity contribution is 0.105. The molecule has 0 saturated carbocycles. The van der Waals surface area contributed by atoms with Crippen molar-refractivity contribution in [2.24, 2.45) is 0 Å². The van der Waals surface area contributed by atoms with Gasteiger partial charge in [-0.05, 0) is 6.92 Å². The molecule has 1 aromatic heterocycles. The number of sulfonamides is 1. The fourth-order valence-corrected chi connectivity index (χ4v) is 1.34. The number of aromatic amines is 1. The highest BCUT2D eigenvalue weighted by Crippen LogP contribution is 2.03. The van der Waals surface area contributed by atoms with Crippen LogP contribution in [0.4, 0.5) is 0 Å². The van der Waals surface area contributed by atoms with Gasteiger partial charge < -0.3 is 0 Å². The van der Waals surface area contributed by atoms with Crippen molar-refractivity contribution >= 4 is 10.0 Å². The number of hydrogen-bond donors (Lipinski definition) is 2. The van der Waals surface area contributed by atoms with Gasteiger partial charge in [0.25, 0.3) is 10.0 Å². The van der Waals surface area contributed by atoms with Crippen LogP contribution >= 0.6 is 0 Å². The minimum Gasteiger partial charge on any atom is -0.287 e. The van der Waals surface area contributed by atoms with E-state index in [4.69, 9.17) is 0 Å². The van der Waals surface area contributed by atoms with Crippen molar-refractivity contribution in [3.05, 3.63) is 12.4 Å². The minimum absolute atomic E-state index is 0.0518. The zero-order valence-electron chi connectivity index (χ0n) is 6.44. The lowest BCUT2D eigenvalue weighted by atomic mass is 10.7. The summed E-state index contributed by atoms with van der Waals surface area (Å²) in [4.78, 5) is 6.52. The maximum absolute atomic E-state index is 11.2. The van der Waals surface area contributed by atoms with E-state index < -0.39 is 10.0 Å². The Balaban J connectivity index is 2.74. The van der Waals surface area contributed by atoms with E-state index in [0.29, 0.717) is 0 Å². The van der Waals surface area contributed by atoms with Crippen molar-refractivity contribution in [1.82, 2.24) is 15.1 Å². The van der Waals surface area contributed by atoms with Crippen molar-refractivity contribution in [2.45, 2.75) is 11.8 Å². The van der Waals surface area contributed by atoms with Crippen LogP contribution in [0.1, 0.15) is 6.92 Å². The molecule has 0 amide bonds. The van der Waals surface area contributed by atoms with E-state index in [2.05, 4.69) is 15.0 Å². The Morgan fingerprint density at radius 2 is 2.50 bits per heavy atom. The van der Waals surface area contributed by atoms with Gasteiger partial charge in [0.05, 0.1) is 12.8 Å². The molecule has 0 fully saturated rings. The highest BCUT2D eigenvalue weighted by atomic mass is 32.2. The van der Waals surface area contributed by atoms with Crippen LogP contribution in [0.3, 0.4) is 0 Å². The maximum Gasteiger partial charge on any atom is 0.265 e. The van der Waals surface area contributed by atoms with Gasteiger partial charge in [-0.2, -0.15) is 5.10 Å². The van der Waals surface area contributed by atoms with E-state index in [1.54, 1.807) is 6.92 Å². The fourth-order valence-electron chi connectivity index (χ4n) is 0.571. The van der Waals surface area contributed by atoms with Gasteiger partial charge in [-0.15, -0.1) is 0 Å². The van der Waals surface area contributed by atoms with Crippen LogP contribution in [-0.2, 0) is 14.9 Å². The number of aromatic nitrogens is 2. The van der Waals surface area contributed by atoms with Crippen LogP contribution < -0.4 is 4.89 Å². The SMILES string of the molecule is CCONS(=O)(=O)c1cn[nH]c1. The van der Waals surface area contributed by atoms with E-state index in [-0.39, 0.29) is 11.5 Å². The Morgan fingerprint density at radius 3 is 3.00 bits per heavy atom. The van der Waals surface area contributed by atoms with E-state index in [9.17, 15) is 8.42 Å². The number of H-pyrrole nitrogens is 1. The van der Waals surface area contributed by atoms with E-state index >= 15 is 0 Å². The second kappa shape index (κ2) is 3.65. The molecule has 0 bridgehead atoms. The summed E-state index contributed by atoms with van der Waals surface area (Å²) in [7, 11) is -3.55. The van der Waals surface area contributed by atoms with Gasteiger partial charge in [0.1, 0.15) is 4.90 Å². The first kappa shape index (κ1) is 9.17. The zero-order valence-corrected chi connectivity index (χ0v) is 7.26. The molecule has 1 aromatic rings. The summed E-state index contributed by atoms with van der Waals surface area (Å²) in [5.74, 6) is 0. The molecule has 0 atom stereocenters. The first-order chi connectivity index (χ1) is 5.67. The van der Waals surface area contributed by atoms with Gasteiger partial charge in [-0.1, -0.05) is 4.89 Å². The molecule has 1 rings (SSSR count). The predicted molar refractivity (Wildman–Crippen MR) is 40.5 cm³/mol. The highest BCUT2D eigenvalue weighted by Gasteiger charge is 2.14. The van der Waals surface area contributed by atoms with Crippen LogP contribution in [0.25, 0.3) is 0 Å². The summed E-state index contributed by atoms with van der Waals surface area (Å²) in [5, 5.41) is 5.88. The third-order valence-corrected chi connectivity index (χ3v) is 2.28.